The molecule has 0 radical (unpaired) electrons. The topological polar surface area (TPSA) is 54.5 Å². The van der Waals surface area contributed by atoms with E-state index in [1.54, 1.807) is 22.7 Å². The standard InChI is InChI=1S/C34H47NO3S4/c1-7-9-20-33(3,4)26-19-17-25(40-26)30-31-28-29(41-30)24-16-18-27(39-24)34(5,6)21-14-12-10-11-13-15-23(8-2)22-35(32(28)36)42(31,37)38/h16-19,23H,7-15,20-22H2,1-6H3. The molecule has 42 heavy (non-hydrogen) atoms. The lowest BCUT2D eigenvalue weighted by atomic mass is 9.85. The molecule has 5 heterocycles. The molecule has 1 unspecified atom stereocenters. The molecule has 0 N–H and O–H groups in total. The maximum absolute atomic E-state index is 14.3. The Morgan fingerprint density at radius 2 is 1.62 bits per heavy atom. The summed E-state index contributed by atoms with van der Waals surface area (Å²) in [4.78, 5) is 20.5. The van der Waals surface area contributed by atoms with Crippen LogP contribution in [0.15, 0.2) is 29.2 Å². The summed E-state index contributed by atoms with van der Waals surface area (Å²) in [7, 11) is -3.95. The molecular weight excluding hydrogens is 599 g/mol. The average Bonchev–Trinajstić information content (AvgIpc) is 3.72. The van der Waals surface area contributed by atoms with Crippen LogP contribution >= 0.6 is 34.0 Å². The van der Waals surface area contributed by atoms with Crippen LogP contribution in [0.5, 0.6) is 0 Å². The molecule has 2 aliphatic heterocycles. The summed E-state index contributed by atoms with van der Waals surface area (Å²) in [6.45, 7) is 13.8. The molecule has 1 amide bonds. The molecule has 0 saturated heterocycles. The molecule has 2 aliphatic rings. The number of nitrogens with zero attached hydrogens (tertiary/aromatic N) is 1. The van der Waals surface area contributed by atoms with Crippen LogP contribution in [-0.4, -0.2) is 25.2 Å². The summed E-state index contributed by atoms with van der Waals surface area (Å²) in [6.07, 6.45) is 12.3. The van der Waals surface area contributed by atoms with Gasteiger partial charge in [0, 0.05) is 26.1 Å². The second kappa shape index (κ2) is 12.5. The van der Waals surface area contributed by atoms with E-state index in [0.29, 0.717) is 5.56 Å². The first-order valence-electron chi connectivity index (χ1n) is 15.9. The molecule has 3 aromatic heterocycles. The van der Waals surface area contributed by atoms with Crippen LogP contribution < -0.4 is 0 Å². The van der Waals surface area contributed by atoms with Crippen LogP contribution in [0.25, 0.3) is 19.5 Å². The summed E-state index contributed by atoms with van der Waals surface area (Å²) in [6, 6.07) is 8.57. The summed E-state index contributed by atoms with van der Waals surface area (Å²) in [5, 5.41) is 0. The van der Waals surface area contributed by atoms with Gasteiger partial charge < -0.3 is 0 Å². The van der Waals surface area contributed by atoms with Crippen molar-refractivity contribution in [3.05, 3.63) is 39.6 Å². The zero-order valence-electron chi connectivity index (χ0n) is 26.2. The van der Waals surface area contributed by atoms with Gasteiger partial charge in [-0.25, -0.2) is 12.7 Å². The number of carbonyl (C=O) groups excluding carboxylic acids is 1. The Morgan fingerprint density at radius 3 is 2.36 bits per heavy atom. The quantitative estimate of drug-likeness (QED) is 0.268. The second-order valence-corrected chi connectivity index (χ2v) is 18.6. The summed E-state index contributed by atoms with van der Waals surface area (Å²) >= 11 is 4.92. The van der Waals surface area contributed by atoms with E-state index in [1.807, 2.05) is 0 Å². The van der Waals surface area contributed by atoms with E-state index >= 15 is 0 Å². The summed E-state index contributed by atoms with van der Waals surface area (Å²) < 4.78 is 29.8. The van der Waals surface area contributed by atoms with Crippen molar-refractivity contribution in [2.24, 2.45) is 5.92 Å². The fourth-order valence-electron chi connectivity index (χ4n) is 6.42. The maximum atomic E-state index is 14.3. The van der Waals surface area contributed by atoms with Crippen molar-refractivity contribution in [2.75, 3.05) is 6.54 Å². The van der Waals surface area contributed by atoms with E-state index < -0.39 is 10.0 Å². The van der Waals surface area contributed by atoms with Crippen molar-refractivity contribution in [1.82, 2.24) is 4.31 Å². The number of amides is 1. The van der Waals surface area contributed by atoms with E-state index in [1.165, 1.54) is 44.7 Å². The van der Waals surface area contributed by atoms with Crippen molar-refractivity contribution in [3.63, 3.8) is 0 Å². The Balaban J connectivity index is 1.65. The van der Waals surface area contributed by atoms with Crippen LogP contribution in [-0.2, 0) is 20.9 Å². The Labute approximate surface area is 265 Å². The molecule has 1 atom stereocenters. The lowest BCUT2D eigenvalue weighted by Gasteiger charge is -2.23. The number of fused-ring (bicyclic) bond motifs is 4. The monoisotopic (exact) mass is 645 g/mol. The molecule has 0 aliphatic carbocycles. The van der Waals surface area contributed by atoms with Crippen LogP contribution in [0.3, 0.4) is 0 Å². The van der Waals surface area contributed by atoms with Gasteiger partial charge in [0.15, 0.2) is 0 Å². The van der Waals surface area contributed by atoms with E-state index in [9.17, 15) is 13.2 Å². The third-order valence-electron chi connectivity index (χ3n) is 9.42. The molecule has 0 fully saturated rings. The highest BCUT2D eigenvalue weighted by molar-refractivity contribution is 7.90. The van der Waals surface area contributed by atoms with Gasteiger partial charge >= 0.3 is 0 Å². The first-order chi connectivity index (χ1) is 19.9. The van der Waals surface area contributed by atoms with E-state index in [2.05, 4.69) is 65.8 Å². The molecule has 4 nitrogen and oxygen atoms in total. The molecule has 0 aromatic carbocycles. The largest absolute Gasteiger partial charge is 0.270 e. The molecule has 0 saturated carbocycles. The number of carbonyl (C=O) groups is 1. The van der Waals surface area contributed by atoms with Crippen LogP contribution in [0.1, 0.15) is 132 Å². The highest BCUT2D eigenvalue weighted by atomic mass is 32.2. The third-order valence-corrected chi connectivity index (χ3v) is 15.8. The van der Waals surface area contributed by atoms with Crippen molar-refractivity contribution >= 4 is 49.9 Å². The molecule has 5 rings (SSSR count). The van der Waals surface area contributed by atoms with E-state index in [4.69, 9.17) is 0 Å². The Kier molecular flexibility index (Phi) is 9.50. The number of hydrogen-bond donors (Lipinski definition) is 0. The van der Waals surface area contributed by atoms with Crippen molar-refractivity contribution in [2.45, 2.75) is 128 Å². The Hall–Kier alpha value is -1.48. The minimum absolute atomic E-state index is 0.0230. The fourth-order valence-corrected chi connectivity index (χ4v) is 12.4. The van der Waals surface area contributed by atoms with Crippen molar-refractivity contribution in [1.29, 1.82) is 0 Å². The van der Waals surface area contributed by atoms with Gasteiger partial charge in [-0.15, -0.1) is 34.0 Å². The van der Waals surface area contributed by atoms with Gasteiger partial charge in [0.1, 0.15) is 4.90 Å². The predicted molar refractivity (Wildman–Crippen MR) is 181 cm³/mol. The molecule has 4 bridgehead atoms. The van der Waals surface area contributed by atoms with Crippen LogP contribution in [0, 0.1) is 5.92 Å². The number of hydrogen-bond acceptors (Lipinski definition) is 6. The van der Waals surface area contributed by atoms with Gasteiger partial charge in [-0.3, -0.25) is 4.79 Å². The van der Waals surface area contributed by atoms with Gasteiger partial charge in [0.05, 0.1) is 15.3 Å². The van der Waals surface area contributed by atoms with Crippen LogP contribution in [0.4, 0.5) is 0 Å². The molecule has 0 spiro atoms. The SMILES string of the molecule is CCCCC(C)(C)c1ccc(-c2sc3c4c2S(=O)(=O)N(CC(CC)CCCCCCCC(C)(C)c2ccc-3s2)C4=O)s1. The fraction of sp³-hybridized carbons (Fsp3) is 0.618. The smallest absolute Gasteiger partial charge is 0.268 e. The Morgan fingerprint density at radius 1 is 0.929 bits per heavy atom. The zero-order valence-corrected chi connectivity index (χ0v) is 29.4. The zero-order chi connectivity index (χ0) is 30.3. The van der Waals surface area contributed by atoms with E-state index in [0.717, 1.165) is 70.9 Å². The van der Waals surface area contributed by atoms with Crippen LogP contribution in [0.2, 0.25) is 0 Å². The molecule has 3 aromatic rings. The predicted octanol–water partition coefficient (Wildman–Crippen LogP) is 10.9. The second-order valence-electron chi connectivity index (χ2n) is 13.6. The lowest BCUT2D eigenvalue weighted by molar-refractivity contribution is 0.0854. The molecular formula is C34H47NO3S4. The average molecular weight is 646 g/mol. The molecule has 8 heteroatoms. The highest BCUT2D eigenvalue weighted by Gasteiger charge is 2.48. The van der Waals surface area contributed by atoms with E-state index in [-0.39, 0.29) is 34.1 Å². The van der Waals surface area contributed by atoms with Crippen molar-refractivity contribution < 1.29 is 13.2 Å². The summed E-state index contributed by atoms with van der Waals surface area (Å²) in [5.41, 5.74) is 0.470. The minimum Gasteiger partial charge on any atom is -0.268 e. The van der Waals surface area contributed by atoms with Gasteiger partial charge in [-0.1, -0.05) is 92.9 Å². The first kappa shape index (κ1) is 31.9. The summed E-state index contributed by atoms with van der Waals surface area (Å²) in [5.74, 6) is -0.154. The maximum Gasteiger partial charge on any atom is 0.270 e. The van der Waals surface area contributed by atoms with Gasteiger partial charge in [0.25, 0.3) is 15.9 Å². The normalized spacial score (nSPS) is 21.0. The number of rotatable bonds is 6. The lowest BCUT2D eigenvalue weighted by Crippen LogP contribution is -2.35. The third kappa shape index (κ3) is 6.07. The van der Waals surface area contributed by atoms with Gasteiger partial charge in [0.2, 0.25) is 0 Å². The number of thiophene rings is 3. The van der Waals surface area contributed by atoms with Gasteiger partial charge in [-0.05, 0) is 60.3 Å². The Bertz CT molecular complexity index is 1520. The first-order valence-corrected chi connectivity index (χ1v) is 19.7. The number of sulfonamides is 1. The minimum atomic E-state index is -3.95. The molecule has 230 valence electrons. The van der Waals surface area contributed by atoms with Gasteiger partial charge in [-0.2, -0.15) is 0 Å². The van der Waals surface area contributed by atoms with Crippen molar-refractivity contribution in [3.8, 4) is 19.5 Å². The highest BCUT2D eigenvalue weighted by Crippen LogP contribution is 2.53. The number of unbranched alkanes of at least 4 members (excludes halogenated alkanes) is 1.